The molecular formula is C13H9NO. The molecule has 0 atom stereocenters. The van der Waals surface area contributed by atoms with Crippen LogP contribution >= 0.6 is 0 Å². The van der Waals surface area contributed by atoms with Gasteiger partial charge in [-0.25, -0.2) is 0 Å². The second-order valence-corrected chi connectivity index (χ2v) is 3.18. The van der Waals surface area contributed by atoms with Crippen molar-refractivity contribution in [3.8, 4) is 11.8 Å². The molecule has 2 rings (SSSR count). The van der Waals surface area contributed by atoms with Gasteiger partial charge in [0, 0.05) is 11.5 Å². The normalized spacial score (nSPS) is 10.6. The fourth-order valence-electron chi connectivity index (χ4n) is 1.59. The molecule has 2 nitrogen and oxygen atoms in total. The lowest BCUT2D eigenvalue weighted by Crippen LogP contribution is -1.78. The summed E-state index contributed by atoms with van der Waals surface area (Å²) in [5, 5.41) is 19.9. The van der Waals surface area contributed by atoms with Crippen LogP contribution in [0.25, 0.3) is 16.8 Å². The molecule has 72 valence electrons. The molecule has 0 amide bonds. The van der Waals surface area contributed by atoms with E-state index in [1.54, 1.807) is 18.2 Å². The van der Waals surface area contributed by atoms with Gasteiger partial charge in [0.15, 0.2) is 0 Å². The highest BCUT2D eigenvalue weighted by molar-refractivity contribution is 5.94. The molecule has 1 N–H and O–H groups in total. The standard InChI is InChI=1S/C13H9NO/c14-9-3-5-10-4-1-7-12-11(10)6-2-8-13(12)15/h1-8,15H/b5-3+. The van der Waals surface area contributed by atoms with E-state index in [-0.39, 0.29) is 5.75 Å². The number of phenols is 1. The van der Waals surface area contributed by atoms with E-state index in [0.717, 1.165) is 16.3 Å². The van der Waals surface area contributed by atoms with Gasteiger partial charge in [-0.15, -0.1) is 0 Å². The zero-order valence-electron chi connectivity index (χ0n) is 8.01. The largest absolute Gasteiger partial charge is 0.507 e. The van der Waals surface area contributed by atoms with Crippen LogP contribution in [0.5, 0.6) is 5.75 Å². The quantitative estimate of drug-likeness (QED) is 0.710. The monoisotopic (exact) mass is 195 g/mol. The minimum absolute atomic E-state index is 0.264. The molecule has 0 aliphatic carbocycles. The van der Waals surface area contributed by atoms with Crippen molar-refractivity contribution in [3.63, 3.8) is 0 Å². The minimum Gasteiger partial charge on any atom is -0.507 e. The number of phenolic OH excluding ortho intramolecular Hbond substituents is 1. The van der Waals surface area contributed by atoms with Crippen molar-refractivity contribution in [2.45, 2.75) is 0 Å². The van der Waals surface area contributed by atoms with Crippen LogP contribution in [0.4, 0.5) is 0 Å². The van der Waals surface area contributed by atoms with Gasteiger partial charge in [-0.3, -0.25) is 0 Å². The molecule has 0 fully saturated rings. The first-order chi connectivity index (χ1) is 7.33. The van der Waals surface area contributed by atoms with Crippen molar-refractivity contribution in [1.29, 1.82) is 5.26 Å². The summed E-state index contributed by atoms with van der Waals surface area (Å²) in [7, 11) is 0. The number of hydrogen-bond acceptors (Lipinski definition) is 2. The van der Waals surface area contributed by atoms with Crippen molar-refractivity contribution in [2.24, 2.45) is 0 Å². The topological polar surface area (TPSA) is 44.0 Å². The number of fused-ring (bicyclic) bond motifs is 1. The first kappa shape index (κ1) is 9.29. The summed E-state index contributed by atoms with van der Waals surface area (Å²) in [5.74, 6) is 0.264. The Morgan fingerprint density at radius 1 is 1.07 bits per heavy atom. The first-order valence-corrected chi connectivity index (χ1v) is 4.60. The number of nitriles is 1. The highest BCUT2D eigenvalue weighted by Gasteiger charge is 2.00. The Balaban J connectivity index is 2.72. The number of nitrogens with zero attached hydrogens (tertiary/aromatic N) is 1. The van der Waals surface area contributed by atoms with Crippen LogP contribution in [-0.2, 0) is 0 Å². The predicted octanol–water partition coefficient (Wildman–Crippen LogP) is 3.08. The summed E-state index contributed by atoms with van der Waals surface area (Å²) in [4.78, 5) is 0. The highest BCUT2D eigenvalue weighted by atomic mass is 16.3. The van der Waals surface area contributed by atoms with Gasteiger partial charge in [-0.2, -0.15) is 5.26 Å². The first-order valence-electron chi connectivity index (χ1n) is 4.60. The van der Waals surface area contributed by atoms with E-state index in [1.807, 2.05) is 30.3 Å². The Morgan fingerprint density at radius 2 is 1.80 bits per heavy atom. The zero-order valence-corrected chi connectivity index (χ0v) is 8.01. The molecule has 15 heavy (non-hydrogen) atoms. The van der Waals surface area contributed by atoms with Crippen LogP contribution < -0.4 is 0 Å². The molecule has 0 spiro atoms. The van der Waals surface area contributed by atoms with E-state index < -0.39 is 0 Å². The fourth-order valence-corrected chi connectivity index (χ4v) is 1.59. The van der Waals surface area contributed by atoms with Crippen LogP contribution in [0.1, 0.15) is 5.56 Å². The Kier molecular flexibility index (Phi) is 2.38. The summed E-state index contributed by atoms with van der Waals surface area (Å²) in [5.41, 5.74) is 0.935. The van der Waals surface area contributed by atoms with Crippen molar-refractivity contribution < 1.29 is 5.11 Å². The van der Waals surface area contributed by atoms with E-state index in [2.05, 4.69) is 0 Å². The van der Waals surface area contributed by atoms with Gasteiger partial charge >= 0.3 is 0 Å². The van der Waals surface area contributed by atoms with Gasteiger partial charge in [0.1, 0.15) is 5.75 Å². The lowest BCUT2D eigenvalue weighted by Gasteiger charge is -2.03. The molecule has 2 aromatic rings. The van der Waals surface area contributed by atoms with Crippen molar-refractivity contribution in [2.75, 3.05) is 0 Å². The van der Waals surface area contributed by atoms with Gasteiger partial charge < -0.3 is 5.11 Å². The van der Waals surface area contributed by atoms with E-state index in [0.29, 0.717) is 0 Å². The Morgan fingerprint density at radius 3 is 2.60 bits per heavy atom. The van der Waals surface area contributed by atoms with Crippen molar-refractivity contribution in [3.05, 3.63) is 48.0 Å². The second-order valence-electron chi connectivity index (χ2n) is 3.18. The minimum atomic E-state index is 0.264. The number of benzene rings is 2. The predicted molar refractivity (Wildman–Crippen MR) is 60.3 cm³/mol. The molecular weight excluding hydrogens is 186 g/mol. The van der Waals surface area contributed by atoms with Crippen LogP contribution in [0, 0.1) is 11.3 Å². The number of aromatic hydroxyl groups is 1. The molecule has 0 bridgehead atoms. The second kappa shape index (κ2) is 3.85. The number of hydrogen-bond donors (Lipinski definition) is 1. The van der Waals surface area contributed by atoms with Crippen molar-refractivity contribution >= 4 is 16.8 Å². The van der Waals surface area contributed by atoms with E-state index in [4.69, 9.17) is 5.26 Å². The Bertz CT molecular complexity index is 564. The lowest BCUT2D eigenvalue weighted by atomic mass is 10.0. The molecule has 0 aromatic heterocycles. The molecule has 0 heterocycles. The molecule has 2 aromatic carbocycles. The highest BCUT2D eigenvalue weighted by Crippen LogP contribution is 2.27. The maximum Gasteiger partial charge on any atom is 0.123 e. The summed E-state index contributed by atoms with van der Waals surface area (Å²) in [6, 6.07) is 12.9. The van der Waals surface area contributed by atoms with Gasteiger partial charge in [-0.05, 0) is 23.1 Å². The lowest BCUT2D eigenvalue weighted by molar-refractivity contribution is 0.481. The van der Waals surface area contributed by atoms with E-state index >= 15 is 0 Å². The number of rotatable bonds is 1. The summed E-state index contributed by atoms with van der Waals surface area (Å²) in [6.45, 7) is 0. The fraction of sp³-hybridized carbons (Fsp3) is 0. The Hall–Kier alpha value is -2.27. The molecule has 0 radical (unpaired) electrons. The maximum absolute atomic E-state index is 9.63. The molecule has 0 aliphatic heterocycles. The van der Waals surface area contributed by atoms with E-state index in [1.165, 1.54) is 6.08 Å². The van der Waals surface area contributed by atoms with Gasteiger partial charge in [0.2, 0.25) is 0 Å². The third-order valence-corrected chi connectivity index (χ3v) is 2.27. The molecule has 0 saturated carbocycles. The van der Waals surface area contributed by atoms with Crippen LogP contribution in [0.2, 0.25) is 0 Å². The van der Waals surface area contributed by atoms with Crippen LogP contribution in [0.3, 0.4) is 0 Å². The van der Waals surface area contributed by atoms with Gasteiger partial charge in [-0.1, -0.05) is 30.3 Å². The third-order valence-electron chi connectivity index (χ3n) is 2.27. The molecule has 0 unspecified atom stereocenters. The van der Waals surface area contributed by atoms with Crippen LogP contribution in [-0.4, -0.2) is 5.11 Å². The SMILES string of the molecule is N#C/C=C/c1cccc2c(O)cccc12. The smallest absolute Gasteiger partial charge is 0.123 e. The van der Waals surface area contributed by atoms with Gasteiger partial charge in [0.25, 0.3) is 0 Å². The summed E-state index contributed by atoms with van der Waals surface area (Å²) in [6.07, 6.45) is 3.17. The third kappa shape index (κ3) is 1.68. The average Bonchev–Trinajstić information content (AvgIpc) is 2.27. The van der Waals surface area contributed by atoms with Gasteiger partial charge in [0.05, 0.1) is 6.07 Å². The average molecular weight is 195 g/mol. The van der Waals surface area contributed by atoms with Crippen molar-refractivity contribution in [1.82, 2.24) is 0 Å². The molecule has 0 saturated heterocycles. The molecule has 2 heteroatoms. The van der Waals surface area contributed by atoms with Crippen LogP contribution in [0.15, 0.2) is 42.5 Å². The number of allylic oxidation sites excluding steroid dienone is 1. The van der Waals surface area contributed by atoms with E-state index in [9.17, 15) is 5.11 Å². The summed E-state index contributed by atoms with van der Waals surface area (Å²) < 4.78 is 0. The summed E-state index contributed by atoms with van der Waals surface area (Å²) >= 11 is 0. The zero-order chi connectivity index (χ0) is 10.7. The Labute approximate surface area is 87.7 Å². The maximum atomic E-state index is 9.63. The molecule has 0 aliphatic rings.